The lowest BCUT2D eigenvalue weighted by atomic mass is 9.64. The van der Waals surface area contributed by atoms with Crippen LogP contribution in [0.5, 0.6) is 0 Å². The van der Waals surface area contributed by atoms with Gasteiger partial charge in [0.05, 0.1) is 5.41 Å². The average Bonchev–Trinajstić information content (AvgIpc) is 2.72. The van der Waals surface area contributed by atoms with Crippen molar-refractivity contribution in [3.8, 4) is 0 Å². The van der Waals surface area contributed by atoms with Crippen molar-refractivity contribution < 1.29 is 9.59 Å². The highest BCUT2D eigenvalue weighted by molar-refractivity contribution is 5.99. The molecule has 5 heteroatoms. The van der Waals surface area contributed by atoms with Crippen molar-refractivity contribution in [3.05, 3.63) is 0 Å². The Hall–Kier alpha value is -0.940. The van der Waals surface area contributed by atoms with Gasteiger partial charge >= 0.3 is 0 Å². The smallest absolute Gasteiger partial charge is 0.241 e. The van der Waals surface area contributed by atoms with Crippen molar-refractivity contribution in [3.63, 3.8) is 0 Å². The summed E-state index contributed by atoms with van der Waals surface area (Å²) >= 11 is 0. The second-order valence-electron chi connectivity index (χ2n) is 7.87. The quantitative estimate of drug-likeness (QED) is 0.827. The van der Waals surface area contributed by atoms with Gasteiger partial charge in [-0.15, -0.1) is 0 Å². The maximum Gasteiger partial charge on any atom is 0.241 e. The minimum atomic E-state index is -0.512. The van der Waals surface area contributed by atoms with Crippen molar-refractivity contribution in [2.24, 2.45) is 16.2 Å². The number of likely N-dealkylation sites (N-methyl/N-ethyl adjacent to an activating group) is 1. The van der Waals surface area contributed by atoms with E-state index in [0.717, 1.165) is 39.0 Å². The summed E-state index contributed by atoms with van der Waals surface area (Å²) in [5.41, 5.74) is 2.01. The van der Waals surface area contributed by atoms with Crippen LogP contribution >= 0.6 is 0 Å². The number of nitrogens with zero attached hydrogens (tertiary/aromatic N) is 2. The first kappa shape index (κ1) is 15.0. The van der Waals surface area contributed by atoms with Gasteiger partial charge in [-0.05, 0) is 25.3 Å². The first-order valence-corrected chi connectivity index (χ1v) is 8.01. The Labute approximate surface area is 127 Å². The molecular weight excluding hydrogens is 266 g/mol. The number of rotatable bonds is 2. The van der Waals surface area contributed by atoms with Gasteiger partial charge in [-0.25, -0.2) is 5.01 Å². The Balaban J connectivity index is 1.77. The van der Waals surface area contributed by atoms with Gasteiger partial charge in [-0.2, -0.15) is 0 Å². The van der Waals surface area contributed by atoms with E-state index in [2.05, 4.69) is 31.2 Å². The summed E-state index contributed by atoms with van der Waals surface area (Å²) in [5, 5.41) is 2.02. The van der Waals surface area contributed by atoms with Crippen LogP contribution in [0.15, 0.2) is 0 Å². The van der Waals surface area contributed by atoms with Crippen LogP contribution in [0.25, 0.3) is 0 Å². The minimum Gasteiger partial charge on any atom is -0.304 e. The van der Waals surface area contributed by atoms with Crippen LogP contribution in [-0.2, 0) is 9.59 Å². The highest BCUT2D eigenvalue weighted by Gasteiger charge is 2.72. The molecule has 0 aromatic heterocycles. The Morgan fingerprint density at radius 2 is 1.71 bits per heavy atom. The van der Waals surface area contributed by atoms with Crippen molar-refractivity contribution in [2.45, 2.75) is 40.0 Å². The van der Waals surface area contributed by atoms with Gasteiger partial charge in [0.2, 0.25) is 5.91 Å². The maximum atomic E-state index is 13.0. The summed E-state index contributed by atoms with van der Waals surface area (Å²) in [6.07, 6.45) is 2.09. The second-order valence-corrected chi connectivity index (χ2v) is 7.87. The molecule has 3 rings (SSSR count). The molecule has 5 nitrogen and oxygen atoms in total. The van der Waals surface area contributed by atoms with Gasteiger partial charge < -0.3 is 4.90 Å². The van der Waals surface area contributed by atoms with Crippen LogP contribution in [-0.4, -0.2) is 54.8 Å². The molecule has 0 aromatic rings. The zero-order valence-electron chi connectivity index (χ0n) is 13.7. The largest absolute Gasteiger partial charge is 0.304 e. The third-order valence-electron chi connectivity index (χ3n) is 6.90. The maximum absolute atomic E-state index is 13.0. The summed E-state index contributed by atoms with van der Waals surface area (Å²) in [7, 11) is 2.10. The summed E-state index contributed by atoms with van der Waals surface area (Å²) in [6.45, 7) is 9.89. The van der Waals surface area contributed by atoms with Crippen molar-refractivity contribution >= 4 is 11.7 Å². The number of Topliss-reactive ketones (excluding diaryl/α,β-unsaturated/α-hetero) is 1. The number of hydrazine groups is 1. The molecule has 1 heterocycles. The fraction of sp³-hybridized carbons (Fsp3) is 0.875. The van der Waals surface area contributed by atoms with E-state index in [-0.39, 0.29) is 22.5 Å². The highest BCUT2D eigenvalue weighted by Crippen LogP contribution is 2.70. The van der Waals surface area contributed by atoms with E-state index in [9.17, 15) is 9.59 Å². The molecule has 0 aromatic carbocycles. The lowest BCUT2D eigenvalue weighted by Crippen LogP contribution is -2.57. The van der Waals surface area contributed by atoms with E-state index < -0.39 is 5.41 Å². The normalized spacial score (nSPS) is 39.7. The molecule has 1 aliphatic heterocycles. The monoisotopic (exact) mass is 293 g/mol. The van der Waals surface area contributed by atoms with Gasteiger partial charge in [0.1, 0.15) is 5.78 Å². The van der Waals surface area contributed by atoms with Crippen LogP contribution in [0.1, 0.15) is 40.0 Å². The summed E-state index contributed by atoms with van der Waals surface area (Å²) in [4.78, 5) is 27.6. The Morgan fingerprint density at radius 3 is 2.19 bits per heavy atom. The van der Waals surface area contributed by atoms with Crippen molar-refractivity contribution in [2.75, 3.05) is 33.2 Å². The van der Waals surface area contributed by atoms with Crippen LogP contribution in [0.3, 0.4) is 0 Å². The number of hydrogen-bond donors (Lipinski definition) is 1. The van der Waals surface area contributed by atoms with E-state index in [1.165, 1.54) is 0 Å². The number of ketones is 1. The third kappa shape index (κ3) is 1.83. The molecule has 3 aliphatic rings. The van der Waals surface area contributed by atoms with Crippen LogP contribution in [0, 0.1) is 16.2 Å². The molecule has 2 atom stereocenters. The molecule has 2 aliphatic carbocycles. The fourth-order valence-corrected chi connectivity index (χ4v) is 4.53. The van der Waals surface area contributed by atoms with E-state index in [4.69, 9.17) is 0 Å². The van der Waals surface area contributed by atoms with Gasteiger partial charge in [0, 0.05) is 38.0 Å². The van der Waals surface area contributed by atoms with Gasteiger partial charge in [-0.1, -0.05) is 20.8 Å². The molecule has 0 spiro atoms. The van der Waals surface area contributed by atoms with E-state index in [0.29, 0.717) is 6.42 Å². The number of piperazine rings is 1. The Morgan fingerprint density at radius 1 is 1.10 bits per heavy atom. The van der Waals surface area contributed by atoms with Crippen LogP contribution < -0.4 is 5.43 Å². The molecule has 2 bridgehead atoms. The Bertz CT molecular complexity index is 482. The van der Waals surface area contributed by atoms with E-state index in [1.807, 2.05) is 11.9 Å². The van der Waals surface area contributed by atoms with Gasteiger partial charge in [0.15, 0.2) is 0 Å². The van der Waals surface area contributed by atoms with Gasteiger partial charge in [-0.3, -0.25) is 15.0 Å². The first-order valence-electron chi connectivity index (χ1n) is 8.01. The van der Waals surface area contributed by atoms with Crippen LogP contribution in [0.2, 0.25) is 0 Å². The number of amides is 1. The fourth-order valence-electron chi connectivity index (χ4n) is 4.53. The lowest BCUT2D eigenvalue weighted by molar-refractivity contribution is -0.142. The lowest BCUT2D eigenvalue weighted by Gasteiger charge is -2.41. The number of carbonyl (C=O) groups is 2. The standard InChI is InChI=1S/C16H27N3O2/c1-14(2)15(3)5-6-16(14,11-12(15)20)13(21)17-19-9-7-18(4)8-10-19/h5-11H2,1-4H3,(H,17,21)/t15-,16-/m0/s1. The zero-order chi connectivity index (χ0) is 15.5. The second kappa shape index (κ2) is 4.53. The number of nitrogens with one attached hydrogen (secondary N) is 1. The minimum absolute atomic E-state index is 0.0617. The summed E-state index contributed by atoms with van der Waals surface area (Å²) < 4.78 is 0. The molecule has 1 saturated heterocycles. The molecule has 0 radical (unpaired) electrons. The Kier molecular flexibility index (Phi) is 3.23. The molecule has 0 unspecified atom stereocenters. The highest BCUT2D eigenvalue weighted by atomic mass is 16.2. The number of carbonyl (C=O) groups excluding carboxylic acids is 2. The topological polar surface area (TPSA) is 52.6 Å². The third-order valence-corrected chi connectivity index (χ3v) is 6.90. The molecular formula is C16H27N3O2. The summed E-state index contributed by atoms with van der Waals surface area (Å²) in [6, 6.07) is 0. The van der Waals surface area contributed by atoms with E-state index >= 15 is 0 Å². The number of fused-ring (bicyclic) bond motifs is 2. The molecule has 21 heavy (non-hydrogen) atoms. The van der Waals surface area contributed by atoms with Crippen molar-refractivity contribution in [1.82, 2.24) is 15.3 Å². The SMILES string of the molecule is CN1CCN(NC(=O)[C@]23CC[C@@](C)(C(=O)C2)C3(C)C)CC1. The number of hydrogen-bond acceptors (Lipinski definition) is 4. The van der Waals surface area contributed by atoms with E-state index in [1.54, 1.807) is 0 Å². The molecule has 1 N–H and O–H groups in total. The molecule has 2 saturated carbocycles. The molecule has 118 valence electrons. The predicted octanol–water partition coefficient (Wildman–Crippen LogP) is 1.05. The van der Waals surface area contributed by atoms with Crippen molar-refractivity contribution in [1.29, 1.82) is 0 Å². The van der Waals surface area contributed by atoms with Crippen LogP contribution in [0.4, 0.5) is 0 Å². The summed E-state index contributed by atoms with van der Waals surface area (Å²) in [5.74, 6) is 0.332. The zero-order valence-corrected chi connectivity index (χ0v) is 13.7. The first-order chi connectivity index (χ1) is 9.73. The van der Waals surface area contributed by atoms with Gasteiger partial charge in [0.25, 0.3) is 0 Å². The molecule has 1 amide bonds. The predicted molar refractivity (Wildman–Crippen MR) is 80.4 cm³/mol. The molecule has 3 fully saturated rings. The average molecular weight is 293 g/mol.